The molecule has 3 aromatic carbocycles. The summed E-state index contributed by atoms with van der Waals surface area (Å²) in [5, 5.41) is 3.44. The number of carbonyl (C=O) groups is 1. The van der Waals surface area contributed by atoms with E-state index in [9.17, 15) is 9.18 Å². The molecule has 3 aromatic rings. The highest BCUT2D eigenvalue weighted by Crippen LogP contribution is 2.27. The number of para-hydroxylation sites is 1. The Morgan fingerprint density at radius 1 is 1.03 bits per heavy atom. The summed E-state index contributed by atoms with van der Waals surface area (Å²) in [5.74, 6) is 0.648. The maximum atomic E-state index is 13.1. The Hall–Kier alpha value is -3.05. The average Bonchev–Trinajstić information content (AvgIpc) is 2.74. The van der Waals surface area contributed by atoms with Crippen LogP contribution in [0.15, 0.2) is 66.7 Å². The van der Waals surface area contributed by atoms with Crippen LogP contribution < -0.4 is 14.8 Å². The monoisotopic (exact) mass is 427 g/mol. The lowest BCUT2D eigenvalue weighted by Gasteiger charge is -2.16. The van der Waals surface area contributed by atoms with Gasteiger partial charge in [0.1, 0.15) is 23.9 Å². The molecule has 1 N–H and O–H groups in total. The van der Waals surface area contributed by atoms with E-state index in [2.05, 4.69) is 5.32 Å². The predicted molar refractivity (Wildman–Crippen MR) is 116 cm³/mol. The van der Waals surface area contributed by atoms with Crippen molar-refractivity contribution in [2.45, 2.75) is 26.5 Å². The van der Waals surface area contributed by atoms with Crippen molar-refractivity contribution >= 4 is 17.5 Å². The third-order valence-corrected chi connectivity index (χ3v) is 4.87. The summed E-state index contributed by atoms with van der Waals surface area (Å²) in [6, 6.07) is 18.2. The molecule has 0 saturated heterocycles. The molecule has 0 aliphatic carbocycles. The van der Waals surface area contributed by atoms with Gasteiger partial charge in [0, 0.05) is 11.1 Å². The van der Waals surface area contributed by atoms with Crippen LogP contribution in [0.1, 0.15) is 41.4 Å². The molecule has 0 saturated carbocycles. The molecule has 0 aliphatic heterocycles. The number of ether oxygens (including phenoxy) is 2. The lowest BCUT2D eigenvalue weighted by atomic mass is 10.1. The third kappa shape index (κ3) is 5.51. The van der Waals surface area contributed by atoms with Gasteiger partial charge >= 0.3 is 0 Å². The van der Waals surface area contributed by atoms with Crippen LogP contribution in [0.3, 0.4) is 0 Å². The van der Waals surface area contributed by atoms with Gasteiger partial charge in [-0.15, -0.1) is 0 Å². The third-order valence-electron chi connectivity index (χ3n) is 4.56. The minimum Gasteiger partial charge on any atom is -0.493 e. The molecule has 4 nitrogen and oxygen atoms in total. The second-order valence-electron chi connectivity index (χ2n) is 6.72. The van der Waals surface area contributed by atoms with Crippen LogP contribution in [0.25, 0.3) is 0 Å². The van der Waals surface area contributed by atoms with Gasteiger partial charge < -0.3 is 14.8 Å². The van der Waals surface area contributed by atoms with E-state index in [1.165, 1.54) is 12.1 Å². The Kier molecular flexibility index (Phi) is 7.31. The molecule has 0 fully saturated rings. The van der Waals surface area contributed by atoms with Gasteiger partial charge in [-0.2, -0.15) is 0 Å². The fourth-order valence-corrected chi connectivity index (χ4v) is 3.15. The number of hydrogen-bond acceptors (Lipinski definition) is 3. The van der Waals surface area contributed by atoms with E-state index in [0.717, 1.165) is 11.1 Å². The fourth-order valence-electron chi connectivity index (χ4n) is 2.96. The van der Waals surface area contributed by atoms with Gasteiger partial charge in [-0.05, 0) is 61.9 Å². The van der Waals surface area contributed by atoms with E-state index in [4.69, 9.17) is 21.1 Å². The highest BCUT2D eigenvalue weighted by atomic mass is 35.5. The molecule has 156 valence electrons. The fraction of sp³-hybridized carbons (Fsp3) is 0.208. The van der Waals surface area contributed by atoms with Crippen molar-refractivity contribution in [2.75, 3.05) is 6.61 Å². The molecule has 30 heavy (non-hydrogen) atoms. The lowest BCUT2D eigenvalue weighted by Crippen LogP contribution is -2.26. The Morgan fingerprint density at radius 2 is 1.77 bits per heavy atom. The number of carbonyl (C=O) groups excluding carboxylic acids is 1. The molecule has 0 aliphatic rings. The van der Waals surface area contributed by atoms with E-state index in [1.54, 1.807) is 42.5 Å². The Morgan fingerprint density at radius 3 is 2.47 bits per heavy atom. The van der Waals surface area contributed by atoms with Crippen LogP contribution in [-0.4, -0.2) is 12.5 Å². The summed E-state index contributed by atoms with van der Waals surface area (Å²) in [6.45, 7) is 4.44. The zero-order chi connectivity index (χ0) is 21.5. The number of nitrogens with one attached hydrogen (secondary N) is 1. The number of benzene rings is 3. The first-order valence-electron chi connectivity index (χ1n) is 9.67. The predicted octanol–water partition coefficient (Wildman–Crippen LogP) is 5.95. The molecule has 0 unspecified atom stereocenters. The second kappa shape index (κ2) is 10.1. The Balaban J connectivity index is 1.76. The minimum absolute atomic E-state index is 0.202. The van der Waals surface area contributed by atoms with Crippen molar-refractivity contribution in [2.24, 2.45) is 0 Å². The zero-order valence-electron chi connectivity index (χ0n) is 16.8. The van der Waals surface area contributed by atoms with Gasteiger partial charge in [0.05, 0.1) is 17.7 Å². The number of amides is 1. The van der Waals surface area contributed by atoms with Crippen LogP contribution in [-0.2, 0) is 6.61 Å². The summed E-state index contributed by atoms with van der Waals surface area (Å²) in [5.41, 5.74) is 2.03. The summed E-state index contributed by atoms with van der Waals surface area (Å²) in [4.78, 5) is 12.8. The molecule has 6 heteroatoms. The Labute approximate surface area is 180 Å². The van der Waals surface area contributed by atoms with E-state index in [0.29, 0.717) is 28.7 Å². The van der Waals surface area contributed by atoms with Gasteiger partial charge in [-0.25, -0.2) is 4.39 Å². The lowest BCUT2D eigenvalue weighted by molar-refractivity contribution is 0.0939. The quantitative estimate of drug-likeness (QED) is 0.483. The van der Waals surface area contributed by atoms with E-state index in [1.807, 2.05) is 26.0 Å². The summed E-state index contributed by atoms with van der Waals surface area (Å²) >= 11 is 6.15. The van der Waals surface area contributed by atoms with Gasteiger partial charge in [0.2, 0.25) is 0 Å². The molecule has 0 heterocycles. The Bertz CT molecular complexity index is 1010. The molecular weight excluding hydrogens is 405 g/mol. The average molecular weight is 428 g/mol. The van der Waals surface area contributed by atoms with Gasteiger partial charge in [-0.1, -0.05) is 35.9 Å². The number of halogens is 2. The molecule has 1 atom stereocenters. The normalized spacial score (nSPS) is 11.6. The molecular formula is C24H23ClFNO3. The van der Waals surface area contributed by atoms with Gasteiger partial charge in [0.15, 0.2) is 0 Å². The van der Waals surface area contributed by atoms with Crippen molar-refractivity contribution in [1.82, 2.24) is 5.32 Å². The molecule has 0 aromatic heterocycles. The zero-order valence-corrected chi connectivity index (χ0v) is 17.6. The first kappa shape index (κ1) is 21.7. The highest BCUT2D eigenvalue weighted by Gasteiger charge is 2.15. The molecule has 0 radical (unpaired) electrons. The van der Waals surface area contributed by atoms with Crippen molar-refractivity contribution in [1.29, 1.82) is 0 Å². The maximum absolute atomic E-state index is 13.1. The first-order valence-corrected chi connectivity index (χ1v) is 10.0. The highest BCUT2D eigenvalue weighted by molar-refractivity contribution is 6.32. The summed E-state index contributed by atoms with van der Waals surface area (Å²) < 4.78 is 24.6. The van der Waals surface area contributed by atoms with Crippen LogP contribution in [0.4, 0.5) is 4.39 Å². The molecule has 1 amide bonds. The number of rotatable bonds is 8. The number of hydrogen-bond donors (Lipinski definition) is 1. The van der Waals surface area contributed by atoms with Crippen molar-refractivity contribution in [3.8, 4) is 11.5 Å². The molecule has 3 rings (SSSR count). The molecule has 0 spiro atoms. The van der Waals surface area contributed by atoms with Crippen molar-refractivity contribution in [3.63, 3.8) is 0 Å². The van der Waals surface area contributed by atoms with Crippen molar-refractivity contribution < 1.29 is 18.7 Å². The van der Waals surface area contributed by atoms with E-state index >= 15 is 0 Å². The van der Waals surface area contributed by atoms with E-state index in [-0.39, 0.29) is 24.4 Å². The first-order chi connectivity index (χ1) is 14.5. The standard InChI is InChI=1S/C24H23ClFNO3/c1-3-29-22-13-10-18(14-19(22)15-30-23-7-5-4-6-21(23)25)24(28)27-16(2)17-8-11-20(26)12-9-17/h4-14,16H,3,15H2,1-2H3,(H,27,28)/t16-/m0/s1. The van der Waals surface area contributed by atoms with Crippen LogP contribution >= 0.6 is 11.6 Å². The van der Waals surface area contributed by atoms with Crippen molar-refractivity contribution in [3.05, 3.63) is 94.3 Å². The SMILES string of the molecule is CCOc1ccc(C(=O)N[C@@H](C)c2ccc(F)cc2)cc1COc1ccccc1Cl. The topological polar surface area (TPSA) is 47.6 Å². The molecule has 0 bridgehead atoms. The van der Waals surface area contributed by atoms with Crippen LogP contribution in [0, 0.1) is 5.82 Å². The largest absolute Gasteiger partial charge is 0.493 e. The maximum Gasteiger partial charge on any atom is 0.251 e. The minimum atomic E-state index is -0.313. The second-order valence-corrected chi connectivity index (χ2v) is 7.13. The summed E-state index contributed by atoms with van der Waals surface area (Å²) in [6.07, 6.45) is 0. The van der Waals surface area contributed by atoms with Crippen LogP contribution in [0.2, 0.25) is 5.02 Å². The van der Waals surface area contributed by atoms with Gasteiger partial charge in [0.25, 0.3) is 5.91 Å². The van der Waals surface area contributed by atoms with Crippen LogP contribution in [0.5, 0.6) is 11.5 Å². The smallest absolute Gasteiger partial charge is 0.251 e. The summed E-state index contributed by atoms with van der Waals surface area (Å²) in [7, 11) is 0. The van der Waals surface area contributed by atoms with E-state index < -0.39 is 0 Å². The van der Waals surface area contributed by atoms with Gasteiger partial charge in [-0.3, -0.25) is 4.79 Å².